The molecule has 130 valence electrons. The Morgan fingerprint density at radius 2 is 1.81 bits per heavy atom. The summed E-state index contributed by atoms with van der Waals surface area (Å²) in [5, 5.41) is 0.720. The molecule has 0 atom stereocenters. The van der Waals surface area contributed by atoms with Crippen molar-refractivity contribution in [3.8, 4) is 22.9 Å². The van der Waals surface area contributed by atoms with Crippen molar-refractivity contribution in [2.24, 2.45) is 0 Å². The first-order valence-electron chi connectivity index (χ1n) is 8.23. The van der Waals surface area contributed by atoms with E-state index in [2.05, 4.69) is 9.97 Å². The van der Waals surface area contributed by atoms with Crippen LogP contribution in [-0.4, -0.2) is 17.1 Å². The molecule has 0 fully saturated rings. The third-order valence-electron chi connectivity index (χ3n) is 4.12. The number of nitrogens with zero attached hydrogens (tertiary/aromatic N) is 1. The van der Waals surface area contributed by atoms with Crippen LogP contribution in [0.1, 0.15) is 5.56 Å². The van der Waals surface area contributed by atoms with Crippen LogP contribution in [0.5, 0.6) is 11.5 Å². The monoisotopic (exact) mass is 364 g/mol. The van der Waals surface area contributed by atoms with Crippen molar-refractivity contribution in [2.45, 2.75) is 6.61 Å². The Morgan fingerprint density at radius 1 is 0.962 bits per heavy atom. The minimum atomic E-state index is 0.484. The first kappa shape index (κ1) is 16.5. The van der Waals surface area contributed by atoms with Crippen LogP contribution in [-0.2, 0) is 6.61 Å². The highest BCUT2D eigenvalue weighted by Crippen LogP contribution is 2.26. The summed E-state index contributed by atoms with van der Waals surface area (Å²) < 4.78 is 11.2. The van der Waals surface area contributed by atoms with Crippen molar-refractivity contribution in [2.75, 3.05) is 7.11 Å². The molecular formula is C21H17ClN2O2. The van der Waals surface area contributed by atoms with Gasteiger partial charge in [-0.25, -0.2) is 4.98 Å². The van der Waals surface area contributed by atoms with Crippen LogP contribution >= 0.6 is 11.6 Å². The van der Waals surface area contributed by atoms with E-state index in [1.54, 1.807) is 7.11 Å². The molecule has 0 aliphatic carbocycles. The maximum Gasteiger partial charge on any atom is 0.138 e. The molecule has 4 rings (SSSR count). The van der Waals surface area contributed by atoms with Crippen LogP contribution in [0.3, 0.4) is 0 Å². The molecule has 0 saturated carbocycles. The van der Waals surface area contributed by atoms with Gasteiger partial charge in [0.1, 0.15) is 23.9 Å². The number of rotatable bonds is 5. The van der Waals surface area contributed by atoms with Crippen LogP contribution in [0, 0.1) is 0 Å². The number of aromatic nitrogens is 2. The second-order valence-electron chi connectivity index (χ2n) is 5.91. The van der Waals surface area contributed by atoms with Gasteiger partial charge in [-0.3, -0.25) is 0 Å². The SMILES string of the molecule is COc1ccc2nc(-c3cccc(OCc4ccc(Cl)cc4)c3)[nH]c2c1. The summed E-state index contributed by atoms with van der Waals surface area (Å²) in [6.45, 7) is 0.484. The van der Waals surface area contributed by atoms with Crippen molar-refractivity contribution in [1.82, 2.24) is 9.97 Å². The van der Waals surface area contributed by atoms with E-state index in [1.165, 1.54) is 0 Å². The predicted octanol–water partition coefficient (Wildman–Crippen LogP) is 5.47. The first-order chi connectivity index (χ1) is 12.7. The Kier molecular flexibility index (Phi) is 4.50. The van der Waals surface area contributed by atoms with Crippen molar-refractivity contribution >= 4 is 22.6 Å². The molecule has 0 aliphatic rings. The average molecular weight is 365 g/mol. The van der Waals surface area contributed by atoms with E-state index in [4.69, 9.17) is 21.1 Å². The summed E-state index contributed by atoms with van der Waals surface area (Å²) in [7, 11) is 1.65. The van der Waals surface area contributed by atoms with E-state index in [0.717, 1.165) is 44.5 Å². The fourth-order valence-electron chi connectivity index (χ4n) is 2.73. The Balaban J connectivity index is 1.56. The zero-order chi connectivity index (χ0) is 17.9. The Hall–Kier alpha value is -2.98. The van der Waals surface area contributed by atoms with Gasteiger partial charge in [-0.1, -0.05) is 35.9 Å². The summed E-state index contributed by atoms with van der Waals surface area (Å²) in [4.78, 5) is 7.98. The summed E-state index contributed by atoms with van der Waals surface area (Å²) >= 11 is 5.91. The lowest BCUT2D eigenvalue weighted by molar-refractivity contribution is 0.306. The van der Waals surface area contributed by atoms with Gasteiger partial charge in [0.05, 0.1) is 18.1 Å². The number of ether oxygens (including phenoxy) is 2. The first-order valence-corrected chi connectivity index (χ1v) is 8.60. The van der Waals surface area contributed by atoms with Gasteiger partial charge in [0.2, 0.25) is 0 Å². The molecule has 4 nitrogen and oxygen atoms in total. The molecule has 0 bridgehead atoms. The lowest BCUT2D eigenvalue weighted by Gasteiger charge is -2.07. The number of nitrogens with one attached hydrogen (secondary N) is 1. The molecule has 0 amide bonds. The summed E-state index contributed by atoms with van der Waals surface area (Å²) in [5.74, 6) is 2.38. The Bertz CT molecular complexity index is 1040. The summed E-state index contributed by atoms with van der Waals surface area (Å²) in [6, 6.07) is 21.3. The number of hydrogen-bond donors (Lipinski definition) is 1. The summed E-state index contributed by atoms with van der Waals surface area (Å²) in [5.41, 5.74) is 3.87. The van der Waals surface area contributed by atoms with E-state index < -0.39 is 0 Å². The molecule has 0 spiro atoms. The van der Waals surface area contributed by atoms with Crippen molar-refractivity contribution in [3.05, 3.63) is 77.3 Å². The topological polar surface area (TPSA) is 47.1 Å². The smallest absolute Gasteiger partial charge is 0.138 e. The van der Waals surface area contributed by atoms with E-state index in [1.807, 2.05) is 66.7 Å². The number of benzene rings is 3. The molecule has 0 unspecified atom stereocenters. The molecular weight excluding hydrogens is 348 g/mol. The number of methoxy groups -OCH3 is 1. The molecule has 0 radical (unpaired) electrons. The Morgan fingerprint density at radius 3 is 2.62 bits per heavy atom. The normalized spacial score (nSPS) is 10.8. The van der Waals surface area contributed by atoms with Gasteiger partial charge in [-0.05, 0) is 42.0 Å². The Labute approximate surface area is 156 Å². The van der Waals surface area contributed by atoms with Gasteiger partial charge in [0.15, 0.2) is 0 Å². The van der Waals surface area contributed by atoms with Gasteiger partial charge in [0, 0.05) is 16.7 Å². The highest BCUT2D eigenvalue weighted by atomic mass is 35.5. The van der Waals surface area contributed by atoms with Crippen molar-refractivity contribution in [1.29, 1.82) is 0 Å². The zero-order valence-corrected chi connectivity index (χ0v) is 15.0. The maximum atomic E-state index is 5.91. The van der Waals surface area contributed by atoms with Crippen LogP contribution in [0.2, 0.25) is 5.02 Å². The minimum Gasteiger partial charge on any atom is -0.497 e. The van der Waals surface area contributed by atoms with Gasteiger partial charge >= 0.3 is 0 Å². The quantitative estimate of drug-likeness (QED) is 0.510. The fraction of sp³-hybridized carbons (Fsp3) is 0.0952. The number of imidazole rings is 1. The third-order valence-corrected chi connectivity index (χ3v) is 4.37. The number of fused-ring (bicyclic) bond motifs is 1. The standard InChI is InChI=1S/C21H17ClN2O2/c1-25-17-9-10-19-20(12-17)24-21(23-19)15-3-2-4-18(11-15)26-13-14-5-7-16(22)8-6-14/h2-12H,13H2,1H3,(H,23,24). The van der Waals surface area contributed by atoms with Crippen LogP contribution in [0.15, 0.2) is 66.7 Å². The lowest BCUT2D eigenvalue weighted by Crippen LogP contribution is -1.95. The van der Waals surface area contributed by atoms with Crippen LogP contribution < -0.4 is 9.47 Å². The highest BCUT2D eigenvalue weighted by molar-refractivity contribution is 6.30. The molecule has 4 aromatic rings. The molecule has 3 aromatic carbocycles. The summed E-state index contributed by atoms with van der Waals surface area (Å²) in [6.07, 6.45) is 0. The molecule has 1 aromatic heterocycles. The van der Waals surface area contributed by atoms with Gasteiger partial charge < -0.3 is 14.5 Å². The fourth-order valence-corrected chi connectivity index (χ4v) is 2.86. The number of H-pyrrole nitrogens is 1. The van der Waals surface area contributed by atoms with E-state index in [0.29, 0.717) is 6.61 Å². The van der Waals surface area contributed by atoms with Crippen molar-refractivity contribution in [3.63, 3.8) is 0 Å². The molecule has 1 heterocycles. The van der Waals surface area contributed by atoms with E-state index in [-0.39, 0.29) is 0 Å². The molecule has 0 aliphatic heterocycles. The van der Waals surface area contributed by atoms with Gasteiger partial charge in [-0.15, -0.1) is 0 Å². The van der Waals surface area contributed by atoms with E-state index in [9.17, 15) is 0 Å². The molecule has 0 saturated heterocycles. The van der Waals surface area contributed by atoms with Gasteiger partial charge in [-0.2, -0.15) is 0 Å². The molecule has 1 N–H and O–H groups in total. The minimum absolute atomic E-state index is 0.484. The second kappa shape index (κ2) is 7.10. The number of halogens is 1. The molecule has 5 heteroatoms. The van der Waals surface area contributed by atoms with Crippen molar-refractivity contribution < 1.29 is 9.47 Å². The molecule has 26 heavy (non-hydrogen) atoms. The lowest BCUT2D eigenvalue weighted by atomic mass is 10.2. The number of hydrogen-bond acceptors (Lipinski definition) is 3. The van der Waals surface area contributed by atoms with Crippen LogP contribution in [0.25, 0.3) is 22.4 Å². The van der Waals surface area contributed by atoms with E-state index >= 15 is 0 Å². The van der Waals surface area contributed by atoms with Crippen LogP contribution in [0.4, 0.5) is 0 Å². The largest absolute Gasteiger partial charge is 0.497 e. The highest BCUT2D eigenvalue weighted by Gasteiger charge is 2.07. The number of aromatic amines is 1. The zero-order valence-electron chi connectivity index (χ0n) is 14.2. The third kappa shape index (κ3) is 3.51. The maximum absolute atomic E-state index is 5.91. The predicted molar refractivity (Wildman–Crippen MR) is 104 cm³/mol. The average Bonchev–Trinajstić information content (AvgIpc) is 3.11. The van der Waals surface area contributed by atoms with Gasteiger partial charge in [0.25, 0.3) is 0 Å². The second-order valence-corrected chi connectivity index (χ2v) is 6.35.